The van der Waals surface area contributed by atoms with E-state index in [1.807, 2.05) is 0 Å². The first-order valence-corrected chi connectivity index (χ1v) is 3.82. The number of halogens is 4. The quantitative estimate of drug-likeness (QED) is 0.740. The Labute approximate surface area is 78.0 Å². The fourth-order valence-electron chi connectivity index (χ4n) is 1.03. The molecule has 0 aliphatic rings. The van der Waals surface area contributed by atoms with Crippen LogP contribution in [0.2, 0.25) is 0 Å². The second kappa shape index (κ2) is 3.57. The lowest BCUT2D eigenvalue weighted by molar-refractivity contribution is -0.271. The van der Waals surface area contributed by atoms with Gasteiger partial charge in [-0.1, -0.05) is 30.3 Å². The molecule has 0 aromatic heterocycles. The fourth-order valence-corrected chi connectivity index (χ4v) is 1.03. The second-order valence-electron chi connectivity index (χ2n) is 2.86. The summed E-state index contributed by atoms with van der Waals surface area (Å²) in [6.45, 7) is -1.89. The minimum atomic E-state index is -5.01. The maximum Gasteiger partial charge on any atom is 0.424 e. The summed E-state index contributed by atoms with van der Waals surface area (Å²) in [6, 6.07) is 6.17. The molecule has 1 aromatic carbocycles. The van der Waals surface area contributed by atoms with Gasteiger partial charge in [0.25, 0.3) is 0 Å². The van der Waals surface area contributed by atoms with Crippen LogP contribution in [0.5, 0.6) is 0 Å². The Bertz CT molecular complexity index is 295. The molecular formula is C9H8F4O. The smallest absolute Gasteiger partial charge is 0.374 e. The van der Waals surface area contributed by atoms with Crippen molar-refractivity contribution < 1.29 is 22.7 Å². The lowest BCUT2D eigenvalue weighted by Gasteiger charge is -2.27. The molecule has 0 heterocycles. The maximum atomic E-state index is 12.3. The van der Waals surface area contributed by atoms with E-state index in [9.17, 15) is 17.6 Å². The van der Waals surface area contributed by atoms with Crippen molar-refractivity contribution in [3.05, 3.63) is 35.9 Å². The highest BCUT2D eigenvalue weighted by molar-refractivity contribution is 5.24. The van der Waals surface area contributed by atoms with Crippen LogP contribution in [0, 0.1) is 0 Å². The molecule has 0 aliphatic carbocycles. The van der Waals surface area contributed by atoms with Gasteiger partial charge in [-0.15, -0.1) is 0 Å². The molecule has 0 saturated heterocycles. The number of hydrogen-bond acceptors (Lipinski definition) is 1. The van der Waals surface area contributed by atoms with Crippen LogP contribution in [0.4, 0.5) is 17.6 Å². The van der Waals surface area contributed by atoms with Gasteiger partial charge in [0, 0.05) is 0 Å². The third-order valence-electron chi connectivity index (χ3n) is 1.91. The predicted octanol–water partition coefficient (Wildman–Crippen LogP) is 2.41. The molecule has 0 unspecified atom stereocenters. The minimum absolute atomic E-state index is 0.491. The summed E-state index contributed by atoms with van der Waals surface area (Å²) in [5, 5.41) is 9.13. The average molecular weight is 208 g/mol. The molecule has 0 spiro atoms. The molecular weight excluding hydrogens is 200 g/mol. The lowest BCUT2D eigenvalue weighted by Crippen LogP contribution is -2.44. The first-order valence-electron chi connectivity index (χ1n) is 3.82. The molecule has 1 rings (SSSR count). The highest BCUT2D eigenvalue weighted by atomic mass is 19.4. The van der Waals surface area contributed by atoms with Crippen molar-refractivity contribution in [2.45, 2.75) is 11.8 Å². The van der Waals surface area contributed by atoms with Crippen LogP contribution in [0.25, 0.3) is 0 Å². The van der Waals surface area contributed by atoms with Crippen molar-refractivity contribution in [1.29, 1.82) is 0 Å². The van der Waals surface area contributed by atoms with Gasteiger partial charge in [0.2, 0.25) is 5.60 Å². The van der Waals surface area contributed by atoms with Gasteiger partial charge in [0.1, 0.15) is 6.67 Å². The van der Waals surface area contributed by atoms with Crippen molar-refractivity contribution in [2.75, 3.05) is 6.67 Å². The molecule has 0 aliphatic heterocycles. The van der Waals surface area contributed by atoms with E-state index in [0.29, 0.717) is 0 Å². The Hall–Kier alpha value is -1.10. The molecule has 1 atom stereocenters. The van der Waals surface area contributed by atoms with Crippen molar-refractivity contribution >= 4 is 0 Å². The highest BCUT2D eigenvalue weighted by Crippen LogP contribution is 2.38. The Morgan fingerprint density at radius 1 is 1.07 bits per heavy atom. The summed E-state index contributed by atoms with van der Waals surface area (Å²) in [7, 11) is 0. The SMILES string of the molecule is O[C@](CF)(c1ccccc1)C(F)(F)F. The van der Waals surface area contributed by atoms with Gasteiger partial charge in [0.05, 0.1) is 0 Å². The van der Waals surface area contributed by atoms with Crippen LogP contribution in [0.3, 0.4) is 0 Å². The Morgan fingerprint density at radius 2 is 1.57 bits per heavy atom. The van der Waals surface area contributed by atoms with E-state index in [4.69, 9.17) is 5.11 Å². The fraction of sp³-hybridized carbons (Fsp3) is 0.333. The van der Waals surface area contributed by atoms with Gasteiger partial charge in [-0.3, -0.25) is 0 Å². The van der Waals surface area contributed by atoms with E-state index >= 15 is 0 Å². The molecule has 5 heteroatoms. The van der Waals surface area contributed by atoms with Gasteiger partial charge in [-0.2, -0.15) is 13.2 Å². The summed E-state index contributed by atoms with van der Waals surface area (Å²) < 4.78 is 49.2. The number of hydrogen-bond donors (Lipinski definition) is 1. The molecule has 1 aromatic rings. The third kappa shape index (κ3) is 1.72. The lowest BCUT2D eigenvalue weighted by atomic mass is 9.95. The summed E-state index contributed by atoms with van der Waals surface area (Å²) >= 11 is 0. The number of alkyl halides is 4. The zero-order valence-corrected chi connectivity index (χ0v) is 7.05. The molecule has 14 heavy (non-hydrogen) atoms. The molecule has 0 bridgehead atoms. The number of benzene rings is 1. The van der Waals surface area contributed by atoms with Gasteiger partial charge in [-0.25, -0.2) is 4.39 Å². The predicted molar refractivity (Wildman–Crippen MR) is 42.4 cm³/mol. The van der Waals surface area contributed by atoms with E-state index in [2.05, 4.69) is 0 Å². The number of aliphatic hydroxyl groups is 1. The largest absolute Gasteiger partial charge is 0.424 e. The van der Waals surface area contributed by atoms with Crippen molar-refractivity contribution in [3.8, 4) is 0 Å². The van der Waals surface area contributed by atoms with Crippen LogP contribution < -0.4 is 0 Å². The zero-order chi connectivity index (χ0) is 10.8. The average Bonchev–Trinajstić information content (AvgIpc) is 2.16. The van der Waals surface area contributed by atoms with Gasteiger partial charge in [-0.05, 0) is 5.56 Å². The summed E-state index contributed by atoms with van der Waals surface area (Å²) in [6.07, 6.45) is -5.01. The van der Waals surface area contributed by atoms with Crippen LogP contribution in [0.1, 0.15) is 5.56 Å². The molecule has 0 saturated carbocycles. The summed E-state index contributed by atoms with van der Waals surface area (Å²) in [4.78, 5) is 0. The zero-order valence-electron chi connectivity index (χ0n) is 7.05. The van der Waals surface area contributed by atoms with E-state index < -0.39 is 24.0 Å². The molecule has 0 amide bonds. The first kappa shape index (κ1) is 11.0. The van der Waals surface area contributed by atoms with Gasteiger partial charge in [0.15, 0.2) is 0 Å². The van der Waals surface area contributed by atoms with E-state index in [0.717, 1.165) is 12.1 Å². The van der Waals surface area contributed by atoms with E-state index in [-0.39, 0.29) is 0 Å². The van der Waals surface area contributed by atoms with Crippen molar-refractivity contribution in [1.82, 2.24) is 0 Å². The van der Waals surface area contributed by atoms with Crippen molar-refractivity contribution in [2.24, 2.45) is 0 Å². The van der Waals surface area contributed by atoms with E-state index in [1.54, 1.807) is 0 Å². The van der Waals surface area contributed by atoms with Gasteiger partial charge >= 0.3 is 6.18 Å². The summed E-state index contributed by atoms with van der Waals surface area (Å²) in [5.41, 5.74) is -3.89. The van der Waals surface area contributed by atoms with E-state index in [1.165, 1.54) is 18.2 Å². The molecule has 0 fully saturated rings. The van der Waals surface area contributed by atoms with Gasteiger partial charge < -0.3 is 5.11 Å². The van der Waals surface area contributed by atoms with Crippen LogP contribution >= 0.6 is 0 Å². The minimum Gasteiger partial charge on any atom is -0.374 e. The van der Waals surface area contributed by atoms with Crippen LogP contribution in [-0.2, 0) is 5.60 Å². The molecule has 78 valence electrons. The number of rotatable bonds is 2. The Kier molecular flexibility index (Phi) is 2.80. The molecule has 0 radical (unpaired) electrons. The Morgan fingerprint density at radius 3 is 1.93 bits per heavy atom. The Balaban J connectivity index is 3.15. The van der Waals surface area contributed by atoms with Crippen LogP contribution in [-0.4, -0.2) is 18.0 Å². The topological polar surface area (TPSA) is 20.2 Å². The first-order chi connectivity index (χ1) is 6.42. The normalized spacial score (nSPS) is 16.4. The summed E-state index contributed by atoms with van der Waals surface area (Å²) in [5.74, 6) is 0. The maximum absolute atomic E-state index is 12.3. The standard InChI is InChI=1S/C9H8F4O/c10-6-8(14,9(11,12)13)7-4-2-1-3-5-7/h1-5,14H,6H2/t8-/m1/s1. The van der Waals surface area contributed by atoms with Crippen molar-refractivity contribution in [3.63, 3.8) is 0 Å². The molecule has 1 N–H and O–H groups in total. The highest BCUT2D eigenvalue weighted by Gasteiger charge is 2.55. The monoisotopic (exact) mass is 208 g/mol. The van der Waals surface area contributed by atoms with Crippen LogP contribution in [0.15, 0.2) is 30.3 Å². The second-order valence-corrected chi connectivity index (χ2v) is 2.86. The molecule has 1 nitrogen and oxygen atoms in total. The third-order valence-corrected chi connectivity index (χ3v) is 1.91.